The summed E-state index contributed by atoms with van der Waals surface area (Å²) in [4.78, 5) is 32.3. The highest BCUT2D eigenvalue weighted by atomic mass is 16.6. The first kappa shape index (κ1) is 26.4. The number of aliphatic hydroxyl groups excluding tert-OH is 2. The summed E-state index contributed by atoms with van der Waals surface area (Å²) >= 11 is 0. The quantitative estimate of drug-likeness (QED) is 0.219. The Morgan fingerprint density at radius 3 is 2.16 bits per heavy atom. The second-order valence-corrected chi connectivity index (χ2v) is 11.9. The van der Waals surface area contributed by atoms with Crippen molar-refractivity contribution in [3.63, 3.8) is 0 Å². The van der Waals surface area contributed by atoms with Crippen LogP contribution in [0.4, 0.5) is 0 Å². The van der Waals surface area contributed by atoms with Gasteiger partial charge in [-0.25, -0.2) is 0 Å². The molecule has 9 heteroatoms. The molecule has 0 radical (unpaired) electrons. The van der Waals surface area contributed by atoms with E-state index in [1.807, 2.05) is 53.1 Å². The van der Waals surface area contributed by atoms with Crippen LogP contribution in [0.15, 0.2) is 73.8 Å². The van der Waals surface area contributed by atoms with Crippen molar-refractivity contribution in [1.82, 2.24) is 18.9 Å². The number of rotatable bonds is 7. The Bertz CT molecular complexity index is 2050. The molecule has 0 saturated carbocycles. The number of fused-ring (bicyclic) bond motifs is 13. The van der Waals surface area contributed by atoms with E-state index in [1.54, 1.807) is 19.1 Å². The molecule has 4 atom stereocenters. The molecule has 1 fully saturated rings. The monoisotopic (exact) mass is 576 g/mol. The van der Waals surface area contributed by atoms with Crippen molar-refractivity contribution in [3.05, 3.63) is 85.0 Å². The first-order valence-electron chi connectivity index (χ1n) is 14.7. The van der Waals surface area contributed by atoms with E-state index < -0.39 is 24.2 Å². The average Bonchev–Trinajstić information content (AvgIpc) is 3.58. The van der Waals surface area contributed by atoms with Crippen molar-refractivity contribution >= 4 is 55.4 Å². The number of carbonyl (C=O) groups is 2. The van der Waals surface area contributed by atoms with E-state index in [9.17, 15) is 19.8 Å². The fraction of sp³-hybridized carbons (Fsp3) is 0.294. The number of nitrogens with zero attached hydrogens (tertiary/aromatic N) is 4. The second-order valence-electron chi connectivity index (χ2n) is 11.9. The number of aliphatic hydroxyl groups is 2. The van der Waals surface area contributed by atoms with Gasteiger partial charge in [-0.1, -0.05) is 48.6 Å². The minimum Gasteiger partial charge on any atom is -0.390 e. The molecule has 43 heavy (non-hydrogen) atoms. The number of ether oxygens (including phenoxy) is 1. The number of imide groups is 1. The van der Waals surface area contributed by atoms with Gasteiger partial charge in [0.2, 0.25) is 0 Å². The molecule has 0 spiro atoms. The summed E-state index contributed by atoms with van der Waals surface area (Å²) in [5, 5.41) is 25.6. The zero-order chi connectivity index (χ0) is 29.8. The van der Waals surface area contributed by atoms with Crippen molar-refractivity contribution in [3.8, 4) is 0 Å². The van der Waals surface area contributed by atoms with Crippen LogP contribution in [0.25, 0.3) is 43.6 Å². The average molecular weight is 577 g/mol. The number of hydrogen-bond donors (Lipinski definition) is 2. The van der Waals surface area contributed by atoms with E-state index in [2.05, 4.69) is 22.6 Å². The van der Waals surface area contributed by atoms with Crippen LogP contribution in [0.5, 0.6) is 0 Å². The number of amides is 2. The maximum Gasteiger partial charge on any atom is 0.262 e. The summed E-state index contributed by atoms with van der Waals surface area (Å²) in [7, 11) is 0. The van der Waals surface area contributed by atoms with Gasteiger partial charge in [0.05, 0.1) is 39.3 Å². The Kier molecular flexibility index (Phi) is 5.58. The summed E-state index contributed by atoms with van der Waals surface area (Å²) in [5.41, 5.74) is 2.50. The number of aromatic nitrogens is 2. The van der Waals surface area contributed by atoms with Gasteiger partial charge in [-0.3, -0.25) is 19.4 Å². The lowest BCUT2D eigenvalue weighted by atomic mass is 9.95. The van der Waals surface area contributed by atoms with Crippen molar-refractivity contribution < 1.29 is 24.5 Å². The Balaban J connectivity index is 1.50. The van der Waals surface area contributed by atoms with E-state index in [1.165, 1.54) is 4.90 Å². The predicted octanol–water partition coefficient (Wildman–Crippen LogP) is 4.50. The van der Waals surface area contributed by atoms with Gasteiger partial charge in [-0.05, 0) is 19.1 Å². The molecule has 2 bridgehead atoms. The molecule has 5 aromatic rings. The number of carbonyl (C=O) groups excluding carboxylic acids is 2. The van der Waals surface area contributed by atoms with E-state index in [-0.39, 0.29) is 24.8 Å². The van der Waals surface area contributed by atoms with E-state index in [4.69, 9.17) is 4.74 Å². The molecule has 2 amide bonds. The molecule has 218 valence electrons. The molecule has 0 aliphatic carbocycles. The summed E-state index contributed by atoms with van der Waals surface area (Å²) in [6, 6.07) is 15.5. The first-order valence-corrected chi connectivity index (χ1v) is 14.7. The smallest absolute Gasteiger partial charge is 0.262 e. The highest BCUT2D eigenvalue weighted by molar-refractivity contribution is 6.39. The Morgan fingerprint density at radius 2 is 1.51 bits per heavy atom. The standard InChI is InChI=1S/C34H32N4O5/c1-4-14-35(15-5-2)16-17-36-32(41)27-25-19-10-6-8-12-21(19)37-24-18-23(39)31(40)34(3,43-24)38-22-13-9-7-11-20(22)26(28(27)33(36)42)30(38)29(25)37/h4-13,23-24,31,39-40H,1-2,14-18H2,3H3. The van der Waals surface area contributed by atoms with Gasteiger partial charge in [0.25, 0.3) is 11.8 Å². The lowest BCUT2D eigenvalue weighted by molar-refractivity contribution is -0.272. The van der Waals surface area contributed by atoms with Crippen LogP contribution in [0, 0.1) is 0 Å². The van der Waals surface area contributed by atoms with Crippen LogP contribution in [-0.4, -0.2) is 79.3 Å². The number of benzene rings is 3. The molecule has 3 aromatic carbocycles. The minimum atomic E-state index is -1.34. The highest BCUT2D eigenvalue weighted by Gasteiger charge is 2.53. The molecule has 2 aromatic heterocycles. The molecule has 3 aliphatic heterocycles. The van der Waals surface area contributed by atoms with Crippen molar-refractivity contribution in [2.24, 2.45) is 0 Å². The van der Waals surface area contributed by atoms with Gasteiger partial charge in [0, 0.05) is 54.1 Å². The zero-order valence-corrected chi connectivity index (χ0v) is 23.9. The minimum absolute atomic E-state index is 0.174. The number of para-hydroxylation sites is 2. The number of hydrogen-bond acceptors (Lipinski definition) is 6. The van der Waals surface area contributed by atoms with Crippen LogP contribution >= 0.6 is 0 Å². The Hall–Kier alpha value is -4.28. The summed E-state index contributed by atoms with van der Waals surface area (Å²) in [6.07, 6.45) is 0.882. The van der Waals surface area contributed by atoms with Crippen LogP contribution in [0.3, 0.4) is 0 Å². The van der Waals surface area contributed by atoms with Crippen LogP contribution in [0.1, 0.15) is 40.3 Å². The van der Waals surface area contributed by atoms with Crippen LogP contribution in [0.2, 0.25) is 0 Å². The second kappa shape index (κ2) is 9.11. The topological polar surface area (TPSA) is 100 Å². The van der Waals surface area contributed by atoms with Gasteiger partial charge < -0.3 is 24.1 Å². The molecule has 5 heterocycles. The Labute approximate surface area is 247 Å². The molecule has 1 saturated heterocycles. The largest absolute Gasteiger partial charge is 0.390 e. The maximum atomic E-state index is 14.4. The third kappa shape index (κ3) is 3.25. The molecule has 9 nitrogen and oxygen atoms in total. The van der Waals surface area contributed by atoms with E-state index in [0.717, 1.165) is 27.3 Å². The lowest BCUT2D eigenvalue weighted by Crippen LogP contribution is -2.55. The van der Waals surface area contributed by atoms with Crippen LogP contribution in [-0.2, 0) is 10.5 Å². The van der Waals surface area contributed by atoms with Gasteiger partial charge in [0.1, 0.15) is 12.3 Å². The van der Waals surface area contributed by atoms with Gasteiger partial charge in [0.15, 0.2) is 5.72 Å². The summed E-state index contributed by atoms with van der Waals surface area (Å²) in [5.74, 6) is -0.657. The van der Waals surface area contributed by atoms with Crippen molar-refractivity contribution in [2.45, 2.75) is 37.5 Å². The zero-order valence-electron chi connectivity index (χ0n) is 23.9. The predicted molar refractivity (Wildman–Crippen MR) is 165 cm³/mol. The molecule has 4 unspecified atom stereocenters. The maximum absolute atomic E-state index is 14.4. The van der Waals surface area contributed by atoms with E-state index in [0.29, 0.717) is 47.1 Å². The molecule has 3 aliphatic rings. The fourth-order valence-electron chi connectivity index (χ4n) is 7.76. The van der Waals surface area contributed by atoms with Crippen molar-refractivity contribution in [1.29, 1.82) is 0 Å². The van der Waals surface area contributed by atoms with E-state index >= 15 is 0 Å². The summed E-state index contributed by atoms with van der Waals surface area (Å²) in [6.45, 7) is 11.4. The highest BCUT2D eigenvalue weighted by Crippen LogP contribution is 2.53. The summed E-state index contributed by atoms with van der Waals surface area (Å²) < 4.78 is 10.7. The Morgan fingerprint density at radius 1 is 0.930 bits per heavy atom. The van der Waals surface area contributed by atoms with Gasteiger partial charge in [-0.2, -0.15) is 0 Å². The normalized spacial score (nSPS) is 24.7. The SMILES string of the molecule is C=CCN(CC=C)CCN1C(=O)c2c(c3c4ccccc4n4c3c3c2c2ccccc2n3C2CC(O)C(O)C4(C)O2)C1=O. The van der Waals surface area contributed by atoms with Gasteiger partial charge in [-0.15, -0.1) is 13.2 Å². The third-order valence-corrected chi connectivity index (χ3v) is 9.56. The molecule has 2 N–H and O–H groups in total. The molecular formula is C34H32N4O5. The third-order valence-electron chi connectivity index (χ3n) is 9.56. The molecule has 8 rings (SSSR count). The lowest BCUT2D eigenvalue weighted by Gasteiger charge is -2.45. The van der Waals surface area contributed by atoms with Crippen LogP contribution < -0.4 is 0 Å². The van der Waals surface area contributed by atoms with Crippen molar-refractivity contribution in [2.75, 3.05) is 26.2 Å². The first-order chi connectivity index (χ1) is 20.8. The molecular weight excluding hydrogens is 544 g/mol. The fourth-order valence-corrected chi connectivity index (χ4v) is 7.76. The van der Waals surface area contributed by atoms with Gasteiger partial charge >= 0.3 is 0 Å².